The Labute approximate surface area is 134 Å². The van der Waals surface area contributed by atoms with Crippen LogP contribution in [0.25, 0.3) is 11.3 Å². The molecule has 23 heavy (non-hydrogen) atoms. The summed E-state index contributed by atoms with van der Waals surface area (Å²) in [7, 11) is 3.09. The fourth-order valence-corrected chi connectivity index (χ4v) is 3.09. The van der Waals surface area contributed by atoms with Crippen LogP contribution >= 0.6 is 0 Å². The fraction of sp³-hybridized carbons (Fsp3) is 0.312. The van der Waals surface area contributed by atoms with Gasteiger partial charge < -0.3 is 21.0 Å². The monoisotopic (exact) mass is 313 g/mol. The number of rotatable bonds is 2. The largest absolute Gasteiger partial charge is 0.495 e. The van der Waals surface area contributed by atoms with Gasteiger partial charge in [-0.05, 0) is 26.0 Å². The zero-order chi connectivity index (χ0) is 16.8. The fourth-order valence-electron chi connectivity index (χ4n) is 3.09. The van der Waals surface area contributed by atoms with Crippen LogP contribution in [-0.4, -0.2) is 29.9 Å². The molecule has 0 unspecified atom stereocenters. The van der Waals surface area contributed by atoms with Gasteiger partial charge in [-0.2, -0.15) is 0 Å². The minimum Gasteiger partial charge on any atom is -0.495 e. The smallest absolute Gasteiger partial charge is 0.142 e. The topological polar surface area (TPSA) is 109 Å². The standard InChI is InChI=1S/C16H19N5O2/c1-16(2)12-13(19-7-20-15(12)18)8-5-10(17)11(22-3)6-9(8)14(16)21-23-4/h5-7H,17H2,1-4H3,(H2,18,19,20)/b21-14+. The van der Waals surface area contributed by atoms with Crippen LogP contribution in [0.5, 0.6) is 5.75 Å². The van der Waals surface area contributed by atoms with Crippen molar-refractivity contribution in [1.29, 1.82) is 0 Å². The molecule has 0 amide bonds. The highest BCUT2D eigenvalue weighted by molar-refractivity contribution is 6.16. The number of oxime groups is 1. The molecular weight excluding hydrogens is 294 g/mol. The first-order valence-corrected chi connectivity index (χ1v) is 7.12. The number of ether oxygens (including phenoxy) is 1. The molecule has 0 radical (unpaired) electrons. The maximum Gasteiger partial charge on any atom is 0.142 e. The van der Waals surface area contributed by atoms with Crippen molar-refractivity contribution in [2.24, 2.45) is 5.16 Å². The SMILES string of the molecule is CO/N=C1\c2cc(OC)c(N)cc2-c2ncnc(N)c2C1(C)C. The van der Waals surface area contributed by atoms with Crippen LogP contribution < -0.4 is 16.2 Å². The third-order valence-electron chi connectivity index (χ3n) is 4.16. The molecule has 120 valence electrons. The highest BCUT2D eigenvalue weighted by Gasteiger charge is 2.41. The minimum absolute atomic E-state index is 0.420. The Hall–Kier alpha value is -2.83. The number of fused-ring (bicyclic) bond motifs is 3. The Morgan fingerprint density at radius 3 is 2.48 bits per heavy atom. The van der Waals surface area contributed by atoms with E-state index in [4.69, 9.17) is 21.0 Å². The maximum absolute atomic E-state index is 6.12. The average molecular weight is 313 g/mol. The summed E-state index contributed by atoms with van der Waals surface area (Å²) in [6, 6.07) is 3.67. The van der Waals surface area contributed by atoms with Gasteiger partial charge in [-0.15, -0.1) is 0 Å². The number of hydrogen-bond acceptors (Lipinski definition) is 7. The predicted molar refractivity (Wildman–Crippen MR) is 89.4 cm³/mol. The van der Waals surface area contributed by atoms with Gasteiger partial charge in [-0.1, -0.05) is 5.16 Å². The number of nitrogen functional groups attached to an aromatic ring is 2. The van der Waals surface area contributed by atoms with Crippen molar-refractivity contribution in [1.82, 2.24) is 9.97 Å². The van der Waals surface area contributed by atoms with E-state index in [1.165, 1.54) is 13.4 Å². The number of methoxy groups -OCH3 is 1. The summed E-state index contributed by atoms with van der Waals surface area (Å²) in [6.45, 7) is 4.02. The molecule has 7 heteroatoms. The molecule has 7 nitrogen and oxygen atoms in total. The highest BCUT2D eigenvalue weighted by atomic mass is 16.6. The van der Waals surface area contributed by atoms with Gasteiger partial charge in [0.2, 0.25) is 0 Å². The molecule has 0 aliphatic heterocycles. The summed E-state index contributed by atoms with van der Waals surface area (Å²) in [4.78, 5) is 13.6. The number of benzene rings is 1. The maximum atomic E-state index is 6.12. The number of nitrogens with two attached hydrogens (primary N) is 2. The number of anilines is 2. The van der Waals surface area contributed by atoms with E-state index in [-0.39, 0.29) is 0 Å². The van der Waals surface area contributed by atoms with Crippen LogP contribution in [0.1, 0.15) is 25.0 Å². The first kappa shape index (κ1) is 15.1. The minimum atomic E-state index is -0.523. The number of hydrogen-bond donors (Lipinski definition) is 2. The first-order chi connectivity index (χ1) is 10.9. The van der Waals surface area contributed by atoms with Crippen LogP contribution in [0, 0.1) is 0 Å². The van der Waals surface area contributed by atoms with Gasteiger partial charge in [-0.25, -0.2) is 9.97 Å². The predicted octanol–water partition coefficient (Wildman–Crippen LogP) is 1.96. The molecule has 0 bridgehead atoms. The molecule has 0 fully saturated rings. The lowest BCUT2D eigenvalue weighted by molar-refractivity contribution is 0.211. The highest BCUT2D eigenvalue weighted by Crippen LogP contribution is 2.46. The summed E-state index contributed by atoms with van der Waals surface area (Å²) < 4.78 is 5.34. The number of nitrogens with zero attached hydrogens (tertiary/aromatic N) is 3. The van der Waals surface area contributed by atoms with Gasteiger partial charge in [0.15, 0.2) is 0 Å². The normalized spacial score (nSPS) is 16.6. The lowest BCUT2D eigenvalue weighted by Crippen LogP contribution is -2.36. The molecule has 0 saturated heterocycles. The van der Waals surface area contributed by atoms with Crippen LogP contribution in [0.2, 0.25) is 0 Å². The molecule has 0 atom stereocenters. The molecule has 1 aromatic carbocycles. The van der Waals surface area contributed by atoms with Crippen molar-refractivity contribution < 1.29 is 9.57 Å². The quantitative estimate of drug-likeness (QED) is 0.648. The summed E-state index contributed by atoms with van der Waals surface area (Å²) in [5.74, 6) is 0.998. The summed E-state index contributed by atoms with van der Waals surface area (Å²) >= 11 is 0. The van der Waals surface area contributed by atoms with Crippen LogP contribution in [0.15, 0.2) is 23.6 Å². The Morgan fingerprint density at radius 1 is 1.09 bits per heavy atom. The number of aromatic nitrogens is 2. The van der Waals surface area contributed by atoms with Crippen molar-refractivity contribution in [3.63, 3.8) is 0 Å². The van der Waals surface area contributed by atoms with Gasteiger partial charge in [0.25, 0.3) is 0 Å². The van der Waals surface area contributed by atoms with Gasteiger partial charge >= 0.3 is 0 Å². The average Bonchev–Trinajstić information content (AvgIpc) is 2.51. The molecule has 3 rings (SSSR count). The van der Waals surface area contributed by atoms with E-state index in [0.717, 1.165) is 28.1 Å². The molecule has 4 N–H and O–H groups in total. The summed E-state index contributed by atoms with van der Waals surface area (Å²) in [5.41, 5.74) is 16.2. The Balaban J connectivity index is 2.44. The van der Waals surface area contributed by atoms with Crippen LogP contribution in [0.4, 0.5) is 11.5 Å². The lowest BCUT2D eigenvalue weighted by Gasteiger charge is -2.34. The van der Waals surface area contributed by atoms with E-state index in [2.05, 4.69) is 15.1 Å². The molecule has 1 aliphatic carbocycles. The van der Waals surface area contributed by atoms with E-state index in [0.29, 0.717) is 17.3 Å². The van der Waals surface area contributed by atoms with Gasteiger partial charge in [0.05, 0.1) is 24.2 Å². The molecular formula is C16H19N5O2. The van der Waals surface area contributed by atoms with E-state index in [9.17, 15) is 0 Å². The van der Waals surface area contributed by atoms with Crippen LogP contribution in [0.3, 0.4) is 0 Å². The Kier molecular flexibility index (Phi) is 3.35. The molecule has 0 spiro atoms. The van der Waals surface area contributed by atoms with Gasteiger partial charge in [0, 0.05) is 22.1 Å². The second kappa shape index (κ2) is 5.12. The Morgan fingerprint density at radius 2 is 1.83 bits per heavy atom. The zero-order valence-corrected chi connectivity index (χ0v) is 13.5. The second-order valence-corrected chi connectivity index (χ2v) is 5.87. The summed E-state index contributed by atoms with van der Waals surface area (Å²) in [5, 5.41) is 4.23. The molecule has 2 aromatic rings. The third kappa shape index (κ3) is 2.08. The first-order valence-electron chi connectivity index (χ1n) is 7.12. The van der Waals surface area contributed by atoms with Gasteiger partial charge in [0.1, 0.15) is 25.0 Å². The Bertz CT molecular complexity index is 814. The van der Waals surface area contributed by atoms with E-state index >= 15 is 0 Å². The van der Waals surface area contributed by atoms with E-state index in [1.807, 2.05) is 26.0 Å². The van der Waals surface area contributed by atoms with Crippen molar-refractivity contribution >= 4 is 17.2 Å². The third-order valence-corrected chi connectivity index (χ3v) is 4.16. The summed E-state index contributed by atoms with van der Waals surface area (Å²) in [6.07, 6.45) is 1.45. The van der Waals surface area contributed by atoms with E-state index in [1.54, 1.807) is 7.11 Å². The molecule has 1 aliphatic rings. The van der Waals surface area contributed by atoms with E-state index < -0.39 is 5.41 Å². The van der Waals surface area contributed by atoms with Crippen molar-refractivity contribution in [3.8, 4) is 17.0 Å². The van der Waals surface area contributed by atoms with Crippen LogP contribution in [-0.2, 0) is 10.3 Å². The van der Waals surface area contributed by atoms with Crippen molar-refractivity contribution in [2.45, 2.75) is 19.3 Å². The zero-order valence-electron chi connectivity index (χ0n) is 13.5. The van der Waals surface area contributed by atoms with Crippen molar-refractivity contribution in [3.05, 3.63) is 29.6 Å². The lowest BCUT2D eigenvalue weighted by atomic mass is 9.70. The van der Waals surface area contributed by atoms with Crippen molar-refractivity contribution in [2.75, 3.05) is 25.7 Å². The molecule has 0 saturated carbocycles. The van der Waals surface area contributed by atoms with Gasteiger partial charge in [-0.3, -0.25) is 0 Å². The second-order valence-electron chi connectivity index (χ2n) is 5.87. The molecule has 1 heterocycles. The molecule has 1 aromatic heterocycles.